The highest BCUT2D eigenvalue weighted by Crippen LogP contribution is 2.57. The standard InChI is InChI=1S/C20H24FNO3S/c1-3-25-16-10-15(20(16)8-5-9-20)22-19(23)18-12(11-24-2)17-13(21)6-4-7-14(17)26-18/h4,6-7,15-16H,3,5,8-11H2,1-2H3,(H,22,23)/t15-,16-/m0/s1. The third-order valence-electron chi connectivity index (χ3n) is 6.00. The Hall–Kier alpha value is -1.50. The summed E-state index contributed by atoms with van der Waals surface area (Å²) in [6, 6.07) is 5.10. The van der Waals surface area contributed by atoms with Crippen LogP contribution < -0.4 is 5.32 Å². The fourth-order valence-electron chi connectivity index (χ4n) is 4.50. The molecule has 2 saturated carbocycles. The summed E-state index contributed by atoms with van der Waals surface area (Å²) in [6.45, 7) is 2.95. The lowest BCUT2D eigenvalue weighted by atomic mass is 9.51. The minimum atomic E-state index is -0.305. The van der Waals surface area contributed by atoms with E-state index in [0.29, 0.717) is 22.4 Å². The molecule has 0 unspecified atom stereocenters. The average molecular weight is 377 g/mol. The first-order chi connectivity index (χ1) is 12.6. The van der Waals surface area contributed by atoms with E-state index in [9.17, 15) is 9.18 Å². The van der Waals surface area contributed by atoms with E-state index in [0.717, 1.165) is 24.0 Å². The van der Waals surface area contributed by atoms with Crippen molar-refractivity contribution in [3.63, 3.8) is 0 Å². The summed E-state index contributed by atoms with van der Waals surface area (Å²) < 4.78 is 26.2. The molecule has 6 heteroatoms. The molecule has 0 radical (unpaired) electrons. The van der Waals surface area contributed by atoms with Crippen LogP contribution in [0, 0.1) is 11.2 Å². The van der Waals surface area contributed by atoms with Crippen molar-refractivity contribution in [3.05, 3.63) is 34.5 Å². The molecule has 1 aromatic heterocycles. The van der Waals surface area contributed by atoms with Crippen LogP contribution in [0.1, 0.15) is 47.8 Å². The van der Waals surface area contributed by atoms with Gasteiger partial charge in [0.05, 0.1) is 17.6 Å². The van der Waals surface area contributed by atoms with Crippen LogP contribution in [0.2, 0.25) is 0 Å². The van der Waals surface area contributed by atoms with Crippen LogP contribution in [0.5, 0.6) is 0 Å². The third-order valence-corrected chi connectivity index (χ3v) is 7.20. The van der Waals surface area contributed by atoms with Crippen molar-refractivity contribution in [2.45, 2.75) is 51.4 Å². The first-order valence-electron chi connectivity index (χ1n) is 9.22. The molecule has 1 heterocycles. The van der Waals surface area contributed by atoms with Crippen LogP contribution in [-0.4, -0.2) is 31.8 Å². The van der Waals surface area contributed by atoms with Crippen molar-refractivity contribution in [1.29, 1.82) is 0 Å². The van der Waals surface area contributed by atoms with Gasteiger partial charge in [0.15, 0.2) is 0 Å². The zero-order valence-corrected chi connectivity index (χ0v) is 16.0. The zero-order chi connectivity index (χ0) is 18.3. The predicted octanol–water partition coefficient (Wildman–Crippen LogP) is 4.26. The number of methoxy groups -OCH3 is 1. The number of thiophene rings is 1. The number of halogens is 1. The summed E-state index contributed by atoms with van der Waals surface area (Å²) in [6.07, 6.45) is 4.52. The summed E-state index contributed by atoms with van der Waals surface area (Å²) in [4.78, 5) is 13.6. The maximum atomic E-state index is 14.3. The van der Waals surface area contributed by atoms with Gasteiger partial charge in [-0.1, -0.05) is 12.5 Å². The Balaban J connectivity index is 1.59. The van der Waals surface area contributed by atoms with Gasteiger partial charge in [-0.3, -0.25) is 4.79 Å². The zero-order valence-electron chi connectivity index (χ0n) is 15.1. The second kappa shape index (κ2) is 6.91. The second-order valence-corrected chi connectivity index (χ2v) is 8.30. The van der Waals surface area contributed by atoms with E-state index in [1.165, 1.54) is 23.8 Å². The van der Waals surface area contributed by atoms with Crippen molar-refractivity contribution >= 4 is 27.3 Å². The van der Waals surface area contributed by atoms with E-state index in [1.54, 1.807) is 13.2 Å². The largest absolute Gasteiger partial charge is 0.380 e. The SMILES string of the molecule is CCO[C@H]1C[C@H](NC(=O)c2sc3cccc(F)c3c2COC)C12CCC2. The number of hydrogen-bond acceptors (Lipinski definition) is 4. The van der Waals surface area contributed by atoms with Gasteiger partial charge >= 0.3 is 0 Å². The molecule has 1 N–H and O–H groups in total. The Morgan fingerprint density at radius 3 is 2.88 bits per heavy atom. The van der Waals surface area contributed by atoms with E-state index in [2.05, 4.69) is 5.32 Å². The number of hydrogen-bond donors (Lipinski definition) is 1. The van der Waals surface area contributed by atoms with Gasteiger partial charge in [0.2, 0.25) is 0 Å². The van der Waals surface area contributed by atoms with Crippen molar-refractivity contribution in [2.75, 3.05) is 13.7 Å². The molecule has 2 aliphatic rings. The molecule has 4 rings (SSSR count). The molecule has 2 aliphatic carbocycles. The number of rotatable bonds is 6. The monoisotopic (exact) mass is 377 g/mol. The van der Waals surface area contributed by atoms with E-state index in [4.69, 9.17) is 9.47 Å². The molecule has 4 nitrogen and oxygen atoms in total. The molecule has 0 saturated heterocycles. The number of carbonyl (C=O) groups is 1. The van der Waals surface area contributed by atoms with E-state index in [-0.39, 0.29) is 35.9 Å². The van der Waals surface area contributed by atoms with Crippen LogP contribution in [0.15, 0.2) is 18.2 Å². The number of ether oxygens (including phenoxy) is 2. The summed E-state index contributed by atoms with van der Waals surface area (Å²) in [5.41, 5.74) is 0.751. The van der Waals surface area contributed by atoms with Crippen molar-refractivity contribution in [2.24, 2.45) is 5.41 Å². The molecule has 2 fully saturated rings. The fourth-order valence-corrected chi connectivity index (χ4v) is 5.62. The number of carbonyl (C=O) groups excluding carboxylic acids is 1. The van der Waals surface area contributed by atoms with E-state index < -0.39 is 0 Å². The van der Waals surface area contributed by atoms with Crippen molar-refractivity contribution < 1.29 is 18.7 Å². The van der Waals surface area contributed by atoms with Crippen LogP contribution in [-0.2, 0) is 16.1 Å². The molecule has 2 aromatic rings. The Bertz CT molecular complexity index is 830. The number of fused-ring (bicyclic) bond motifs is 1. The van der Waals surface area contributed by atoms with Gasteiger partial charge in [-0.05, 0) is 38.3 Å². The van der Waals surface area contributed by atoms with Crippen LogP contribution in [0.4, 0.5) is 4.39 Å². The highest BCUT2D eigenvalue weighted by atomic mass is 32.1. The molecule has 26 heavy (non-hydrogen) atoms. The minimum Gasteiger partial charge on any atom is -0.380 e. The molecule has 1 amide bonds. The van der Waals surface area contributed by atoms with Gasteiger partial charge < -0.3 is 14.8 Å². The first kappa shape index (κ1) is 17.9. The van der Waals surface area contributed by atoms with Gasteiger partial charge in [-0.25, -0.2) is 4.39 Å². The molecule has 0 bridgehead atoms. The lowest BCUT2D eigenvalue weighted by molar-refractivity contribution is -0.169. The second-order valence-electron chi connectivity index (χ2n) is 7.25. The van der Waals surface area contributed by atoms with Gasteiger partial charge in [0.25, 0.3) is 5.91 Å². The number of nitrogens with one attached hydrogen (secondary N) is 1. The van der Waals surface area contributed by atoms with E-state index in [1.807, 2.05) is 13.0 Å². The normalized spacial score (nSPS) is 23.7. The Morgan fingerprint density at radius 2 is 2.23 bits per heavy atom. The summed E-state index contributed by atoms with van der Waals surface area (Å²) in [5, 5.41) is 3.71. The van der Waals surface area contributed by atoms with Crippen LogP contribution in [0.25, 0.3) is 10.1 Å². The molecule has 0 aliphatic heterocycles. The Kier molecular flexibility index (Phi) is 4.75. The highest BCUT2D eigenvalue weighted by molar-refractivity contribution is 7.21. The fraction of sp³-hybridized carbons (Fsp3) is 0.550. The smallest absolute Gasteiger partial charge is 0.262 e. The van der Waals surface area contributed by atoms with E-state index >= 15 is 0 Å². The maximum Gasteiger partial charge on any atom is 0.262 e. The molecule has 2 atom stereocenters. The average Bonchev–Trinajstić information content (AvgIpc) is 2.92. The topological polar surface area (TPSA) is 47.6 Å². The van der Waals surface area contributed by atoms with Crippen molar-refractivity contribution in [1.82, 2.24) is 5.32 Å². The number of amides is 1. The quantitative estimate of drug-likeness (QED) is 0.818. The predicted molar refractivity (Wildman–Crippen MR) is 100 cm³/mol. The highest BCUT2D eigenvalue weighted by Gasteiger charge is 2.59. The molecule has 1 aromatic carbocycles. The summed E-state index contributed by atoms with van der Waals surface area (Å²) in [5.74, 6) is -0.427. The Morgan fingerprint density at radius 1 is 1.42 bits per heavy atom. The molecule has 1 spiro atoms. The summed E-state index contributed by atoms with van der Waals surface area (Å²) in [7, 11) is 1.56. The van der Waals surface area contributed by atoms with Gasteiger partial charge in [0.1, 0.15) is 5.82 Å². The lowest BCUT2D eigenvalue weighted by Crippen LogP contribution is -2.67. The van der Waals surface area contributed by atoms with Crippen LogP contribution in [0.3, 0.4) is 0 Å². The lowest BCUT2D eigenvalue weighted by Gasteiger charge is -2.60. The van der Waals surface area contributed by atoms with Gasteiger partial charge in [-0.15, -0.1) is 11.3 Å². The molecular weight excluding hydrogens is 353 g/mol. The molecular formula is C20H24FNO3S. The van der Waals surface area contributed by atoms with Crippen LogP contribution >= 0.6 is 11.3 Å². The maximum absolute atomic E-state index is 14.3. The van der Waals surface area contributed by atoms with Gasteiger partial charge in [-0.2, -0.15) is 0 Å². The first-order valence-corrected chi connectivity index (χ1v) is 10.0. The van der Waals surface area contributed by atoms with Crippen molar-refractivity contribution in [3.8, 4) is 0 Å². The Labute approximate surface area is 156 Å². The summed E-state index contributed by atoms with van der Waals surface area (Å²) >= 11 is 1.34. The third kappa shape index (κ3) is 2.66. The van der Waals surface area contributed by atoms with Gasteiger partial charge in [0, 0.05) is 40.8 Å². The number of benzene rings is 1. The molecule has 140 valence electrons. The minimum absolute atomic E-state index is 0.106.